The van der Waals surface area contributed by atoms with Gasteiger partial charge in [0.05, 0.1) is 30.2 Å². The Hall–Kier alpha value is -0.134. The first-order valence-electron chi connectivity index (χ1n) is 21.6. The Morgan fingerprint density at radius 1 is 0.892 bits per heavy atom. The van der Waals surface area contributed by atoms with Crippen LogP contribution in [-0.2, 0) is 25.5 Å². The maximum absolute atomic E-state index is 11.7. The number of carbonyl (C=O) groups excluding carboxylic acids is 2. The fourth-order valence-corrected chi connectivity index (χ4v) is 5.31. The van der Waals surface area contributed by atoms with E-state index in [2.05, 4.69) is 105 Å². The van der Waals surface area contributed by atoms with E-state index in [9.17, 15) is 19.5 Å². The molecule has 1 fully saturated rings. The van der Waals surface area contributed by atoms with Crippen molar-refractivity contribution in [2.45, 2.75) is 119 Å². The van der Waals surface area contributed by atoms with Crippen LogP contribution in [0.2, 0.25) is 0 Å². The number of alkyl halides is 2. The smallest absolute Gasteiger partial charge is 0.850 e. The molecule has 12 nitrogen and oxygen atoms in total. The molecule has 366 valence electrons. The van der Waals surface area contributed by atoms with E-state index in [0.29, 0.717) is 26.1 Å². The minimum absolute atomic E-state index is 0. The molecular formula is C47H72Br5KN2O10. The fourth-order valence-electron chi connectivity index (χ4n) is 4.27. The van der Waals surface area contributed by atoms with Crippen molar-refractivity contribution < 1.29 is 104 Å². The second kappa shape index (κ2) is 40.6. The summed E-state index contributed by atoms with van der Waals surface area (Å²) < 4.78 is 21.7. The number of amides is 2. The number of aliphatic carboxylic acids is 1. The summed E-state index contributed by atoms with van der Waals surface area (Å²) in [7, 11) is 0. The Kier molecular flexibility index (Phi) is 41.8. The zero-order chi connectivity index (χ0) is 51.8. The maximum atomic E-state index is 11.7. The van der Waals surface area contributed by atoms with Gasteiger partial charge in [-0.3, -0.25) is 14.4 Å². The Bertz CT molecular complexity index is 1800. The number of halogens is 5. The predicted octanol–water partition coefficient (Wildman–Crippen LogP) is 6.84. The van der Waals surface area contributed by atoms with Crippen LogP contribution in [-0.4, -0.2) is 111 Å². The van der Waals surface area contributed by atoms with Crippen molar-refractivity contribution in [2.24, 2.45) is 0 Å². The molecule has 2 atom stereocenters. The van der Waals surface area contributed by atoms with E-state index in [1.165, 1.54) is 11.1 Å². The number of anilines is 2. The van der Waals surface area contributed by atoms with Gasteiger partial charge in [-0.25, -0.2) is 0 Å². The number of carbonyl (C=O) groups is 3. The summed E-state index contributed by atoms with van der Waals surface area (Å²) in [6.45, 7) is 19.1. The van der Waals surface area contributed by atoms with Crippen LogP contribution in [0.1, 0.15) is 99.6 Å². The van der Waals surface area contributed by atoms with Crippen molar-refractivity contribution in [3.8, 4) is 0 Å². The SMILES string of the molecule is CC(C)(C)O.CC(C)(C)[O-].Cc1cc(CCCO)ccc1Br.Cc1cc(N(CCO)C(=O)CBr)ccc1Br.Cc1cc(N2CCOCC2=O)ccc1Br.O=C(O)CBr.[2H]C([3H])CC(O)CC.[K+]. The first-order valence-corrected chi connectivity index (χ1v) is 25.0. The number of nitrogens with zero attached hydrogens (tertiary/aromatic N) is 2. The minimum atomic E-state index is -0.870. The normalized spacial score (nSPS) is 13.0. The summed E-state index contributed by atoms with van der Waals surface area (Å²) in [5.74, 6) is -0.858. The van der Waals surface area contributed by atoms with Gasteiger partial charge < -0.3 is 45.2 Å². The largest absolute Gasteiger partial charge is 1.00 e. The van der Waals surface area contributed by atoms with E-state index in [0.717, 1.165) is 48.8 Å². The van der Waals surface area contributed by atoms with E-state index >= 15 is 0 Å². The Balaban J connectivity index is -0.000000363. The number of carboxylic acid groups (broad SMARTS) is 1. The molecular weight excluding hydrogens is 1190 g/mol. The molecule has 5 N–H and O–H groups in total. The van der Waals surface area contributed by atoms with Crippen molar-refractivity contribution in [2.75, 3.05) is 60.0 Å². The molecule has 1 heterocycles. The van der Waals surface area contributed by atoms with Crippen molar-refractivity contribution in [1.29, 1.82) is 0 Å². The molecule has 65 heavy (non-hydrogen) atoms. The number of aliphatic hydroxyl groups is 4. The van der Waals surface area contributed by atoms with Gasteiger partial charge in [0, 0.05) is 47.2 Å². The second-order valence-electron chi connectivity index (χ2n) is 15.9. The quantitative estimate of drug-likeness (QED) is 0.100. The fraction of sp³-hybridized carbons (Fsp3) is 0.553. The van der Waals surface area contributed by atoms with Gasteiger partial charge >= 0.3 is 57.4 Å². The van der Waals surface area contributed by atoms with E-state index in [4.69, 9.17) is 33.0 Å². The van der Waals surface area contributed by atoms with Gasteiger partial charge in [-0.05, 0) is 132 Å². The molecule has 0 aliphatic carbocycles. The van der Waals surface area contributed by atoms with Gasteiger partial charge in [0.15, 0.2) is 0 Å². The molecule has 0 aromatic heterocycles. The summed E-state index contributed by atoms with van der Waals surface area (Å²) in [6, 6.07) is 17.9. The standard InChI is InChI=1S/C11H13Br2NO2.C11H12BrNO2.C10H13BrO.C5H12O.C4H10O.C4H9O.C2H3BrO2.K/c1-8-6-9(2-3-10(8)13)14(4-5-15)11(16)7-12;1-8-6-9(2-3-10(8)12)13-4-5-15-7-11(13)14;1-8-7-9(3-2-6-12)4-5-10(8)11;1-3-5(6)4-2;2*1-4(2,3)5;3-1-2(4)5;/h2-3,6,15H,4-5,7H2,1H3;2-3,6H,4-5,7H2,1H3;4-5,7,12H,2-3,6H2,1H3;5-6H,3-4H2,1-2H3;5H,1-3H3;1-3H3;1H2,(H,4,5);/q;;;;;-1;;+1/i;;;1TD;;;;. The molecule has 0 saturated carbocycles. The average Bonchev–Trinajstić information content (AvgIpc) is 3.22. The van der Waals surface area contributed by atoms with Crippen molar-refractivity contribution >= 4 is 109 Å². The van der Waals surface area contributed by atoms with Crippen LogP contribution in [0.15, 0.2) is 68.0 Å². The summed E-state index contributed by atoms with van der Waals surface area (Å²) in [6.07, 6.45) is 2.28. The predicted molar refractivity (Wildman–Crippen MR) is 278 cm³/mol. The number of morpholine rings is 1. The van der Waals surface area contributed by atoms with Gasteiger partial charge in [-0.15, -0.1) is 5.60 Å². The topological polar surface area (TPSA) is 191 Å². The van der Waals surface area contributed by atoms with E-state index in [-0.39, 0.29) is 100 Å². The van der Waals surface area contributed by atoms with Crippen LogP contribution in [0.25, 0.3) is 0 Å². The number of rotatable bonds is 11. The monoisotopic (exact) mass is 1260 g/mol. The zero-order valence-corrected chi connectivity index (χ0v) is 51.0. The summed E-state index contributed by atoms with van der Waals surface area (Å²) >= 11 is 16.1. The van der Waals surface area contributed by atoms with Gasteiger partial charge in [0.1, 0.15) is 11.9 Å². The molecule has 1 saturated heterocycles. The number of aryl methyl sites for hydroxylation is 4. The molecule has 18 heteroatoms. The Morgan fingerprint density at radius 2 is 1.37 bits per heavy atom. The van der Waals surface area contributed by atoms with Crippen LogP contribution >= 0.6 is 79.6 Å². The molecule has 0 radical (unpaired) electrons. The van der Waals surface area contributed by atoms with Crippen molar-refractivity contribution in [3.05, 3.63) is 90.3 Å². The summed E-state index contributed by atoms with van der Waals surface area (Å²) in [5.41, 5.74) is 5.24. The number of hydrogen-bond acceptors (Lipinski definition) is 9. The van der Waals surface area contributed by atoms with E-state index in [1.807, 2.05) is 57.2 Å². The van der Waals surface area contributed by atoms with Gasteiger partial charge in [0.2, 0.25) is 5.91 Å². The van der Waals surface area contributed by atoms with Crippen LogP contribution in [0.5, 0.6) is 0 Å². The summed E-state index contributed by atoms with van der Waals surface area (Å²) in [4.78, 5) is 35.9. The molecule has 2 amide bonds. The first-order chi connectivity index (χ1) is 30.4. The summed E-state index contributed by atoms with van der Waals surface area (Å²) in [5, 5.41) is 53.0. The van der Waals surface area contributed by atoms with Gasteiger partial charge in [-0.2, -0.15) is 0 Å². The maximum Gasteiger partial charge on any atom is 1.00 e. The Morgan fingerprint density at radius 3 is 1.74 bits per heavy atom. The van der Waals surface area contributed by atoms with E-state index in [1.54, 1.807) is 51.3 Å². The first kappa shape index (κ1) is 66.9. The molecule has 1 aliphatic heterocycles. The minimum Gasteiger partial charge on any atom is -0.850 e. The van der Waals surface area contributed by atoms with Gasteiger partial charge in [-0.1, -0.05) is 126 Å². The zero-order valence-electron chi connectivity index (χ0n) is 41.9. The number of benzene rings is 3. The van der Waals surface area contributed by atoms with E-state index < -0.39 is 30.2 Å². The van der Waals surface area contributed by atoms with Crippen LogP contribution in [0, 0.1) is 20.8 Å². The third-order valence-corrected chi connectivity index (χ3v) is 11.0. The third-order valence-electron chi connectivity index (χ3n) is 7.33. The Labute approximate surface area is 476 Å². The third kappa shape index (κ3) is 41.4. The van der Waals surface area contributed by atoms with Crippen molar-refractivity contribution in [3.63, 3.8) is 0 Å². The molecule has 0 bridgehead atoms. The molecule has 3 aromatic carbocycles. The molecule has 2 unspecified atom stereocenters. The van der Waals surface area contributed by atoms with Crippen LogP contribution in [0.3, 0.4) is 0 Å². The average molecular weight is 1270 g/mol. The molecule has 1 aliphatic rings. The van der Waals surface area contributed by atoms with Crippen LogP contribution in [0.4, 0.5) is 11.4 Å². The molecule has 3 aromatic rings. The van der Waals surface area contributed by atoms with Crippen LogP contribution < -0.4 is 66.3 Å². The second-order valence-corrected chi connectivity index (χ2v) is 19.6. The number of hydrogen-bond donors (Lipinski definition) is 5. The number of ether oxygens (including phenoxy) is 1. The van der Waals surface area contributed by atoms with Gasteiger partial charge in [0.25, 0.3) is 5.91 Å². The molecule has 4 rings (SSSR count). The molecule has 0 spiro atoms. The number of carboxylic acids is 1. The number of aliphatic hydroxyl groups excluding tert-OH is 3. The van der Waals surface area contributed by atoms with Crippen molar-refractivity contribution in [1.82, 2.24) is 0 Å².